The standard InChI is InChI=1S/C11H15N5O2S/c1-6-9(10(18)13-5-4-12-8(3)17)19-11-15-14-7(2)16(6)11/h4-5H2,1-3H3,(H,12,17)(H,13,18). The minimum absolute atomic E-state index is 0.110. The van der Waals surface area contributed by atoms with E-state index in [2.05, 4.69) is 20.8 Å². The molecule has 0 aliphatic heterocycles. The first kappa shape index (κ1) is 13.5. The van der Waals surface area contributed by atoms with E-state index in [4.69, 9.17) is 0 Å². The SMILES string of the molecule is CC(=O)NCCNC(=O)c1sc2nnc(C)n2c1C. The highest BCUT2D eigenvalue weighted by Crippen LogP contribution is 2.22. The zero-order valence-corrected chi connectivity index (χ0v) is 11.8. The number of amides is 2. The summed E-state index contributed by atoms with van der Waals surface area (Å²) in [7, 11) is 0. The molecule has 0 radical (unpaired) electrons. The molecule has 2 amide bonds. The van der Waals surface area contributed by atoms with E-state index in [0.717, 1.165) is 11.5 Å². The highest BCUT2D eigenvalue weighted by molar-refractivity contribution is 7.19. The Labute approximate surface area is 114 Å². The predicted molar refractivity (Wildman–Crippen MR) is 71.4 cm³/mol. The van der Waals surface area contributed by atoms with Crippen LogP contribution in [0.2, 0.25) is 0 Å². The molecule has 2 aromatic rings. The van der Waals surface area contributed by atoms with E-state index in [-0.39, 0.29) is 11.8 Å². The van der Waals surface area contributed by atoms with Gasteiger partial charge >= 0.3 is 0 Å². The van der Waals surface area contributed by atoms with Crippen LogP contribution in [0.4, 0.5) is 0 Å². The summed E-state index contributed by atoms with van der Waals surface area (Å²) in [5, 5.41) is 13.3. The summed E-state index contributed by atoms with van der Waals surface area (Å²) in [5.41, 5.74) is 0.833. The molecule has 0 fully saturated rings. The zero-order chi connectivity index (χ0) is 14.0. The van der Waals surface area contributed by atoms with E-state index >= 15 is 0 Å². The Morgan fingerprint density at radius 2 is 1.89 bits per heavy atom. The van der Waals surface area contributed by atoms with Crippen molar-refractivity contribution in [2.24, 2.45) is 0 Å². The van der Waals surface area contributed by atoms with Gasteiger partial charge in [0.25, 0.3) is 5.91 Å². The molecule has 2 rings (SSSR count). The lowest BCUT2D eigenvalue weighted by atomic mass is 10.3. The number of nitrogens with one attached hydrogen (secondary N) is 2. The van der Waals surface area contributed by atoms with Crippen LogP contribution in [-0.4, -0.2) is 39.5 Å². The number of nitrogens with zero attached hydrogens (tertiary/aromatic N) is 3. The van der Waals surface area contributed by atoms with Crippen molar-refractivity contribution in [3.05, 3.63) is 16.4 Å². The normalized spacial score (nSPS) is 10.7. The first-order valence-electron chi connectivity index (χ1n) is 5.84. The molecule has 0 spiro atoms. The van der Waals surface area contributed by atoms with Gasteiger partial charge in [-0.3, -0.25) is 14.0 Å². The van der Waals surface area contributed by atoms with Gasteiger partial charge < -0.3 is 10.6 Å². The van der Waals surface area contributed by atoms with Gasteiger partial charge in [-0.1, -0.05) is 11.3 Å². The van der Waals surface area contributed by atoms with E-state index in [0.29, 0.717) is 22.9 Å². The highest BCUT2D eigenvalue weighted by atomic mass is 32.1. The highest BCUT2D eigenvalue weighted by Gasteiger charge is 2.17. The van der Waals surface area contributed by atoms with Crippen molar-refractivity contribution < 1.29 is 9.59 Å². The molecule has 0 atom stereocenters. The van der Waals surface area contributed by atoms with Gasteiger partial charge in [-0.05, 0) is 13.8 Å². The second-order valence-electron chi connectivity index (χ2n) is 4.12. The summed E-state index contributed by atoms with van der Waals surface area (Å²) in [6.07, 6.45) is 0. The minimum Gasteiger partial charge on any atom is -0.355 e. The van der Waals surface area contributed by atoms with Gasteiger partial charge in [0.2, 0.25) is 10.9 Å². The van der Waals surface area contributed by atoms with Crippen LogP contribution in [0.15, 0.2) is 0 Å². The fraction of sp³-hybridized carbons (Fsp3) is 0.455. The van der Waals surface area contributed by atoms with Crippen molar-refractivity contribution in [1.82, 2.24) is 25.2 Å². The second-order valence-corrected chi connectivity index (χ2v) is 5.10. The molecule has 0 aliphatic rings. The fourth-order valence-electron chi connectivity index (χ4n) is 1.77. The fourth-order valence-corrected chi connectivity index (χ4v) is 2.80. The number of thiazole rings is 1. The lowest BCUT2D eigenvalue weighted by Crippen LogP contribution is -2.33. The largest absolute Gasteiger partial charge is 0.355 e. The van der Waals surface area contributed by atoms with Gasteiger partial charge in [0, 0.05) is 25.7 Å². The molecule has 0 aliphatic carbocycles. The van der Waals surface area contributed by atoms with Crippen molar-refractivity contribution in [1.29, 1.82) is 0 Å². The minimum atomic E-state index is -0.155. The Kier molecular flexibility index (Phi) is 3.79. The van der Waals surface area contributed by atoms with E-state index < -0.39 is 0 Å². The third-order valence-corrected chi connectivity index (χ3v) is 3.77. The molecule has 0 bridgehead atoms. The van der Waals surface area contributed by atoms with E-state index in [1.165, 1.54) is 18.3 Å². The average Bonchev–Trinajstić information content (AvgIpc) is 2.86. The maximum atomic E-state index is 12.0. The molecule has 7 nitrogen and oxygen atoms in total. The summed E-state index contributed by atoms with van der Waals surface area (Å²) in [6, 6.07) is 0. The number of carbonyl (C=O) groups excluding carboxylic acids is 2. The number of rotatable bonds is 4. The number of aryl methyl sites for hydroxylation is 2. The molecule has 2 aromatic heterocycles. The Bertz CT molecular complexity index is 630. The smallest absolute Gasteiger partial charge is 0.263 e. The average molecular weight is 281 g/mol. The van der Waals surface area contributed by atoms with Crippen LogP contribution in [0.25, 0.3) is 4.96 Å². The summed E-state index contributed by atoms with van der Waals surface area (Å²) in [5.74, 6) is 0.500. The monoisotopic (exact) mass is 281 g/mol. The molecular formula is C11H15N5O2S. The Balaban J connectivity index is 2.05. The van der Waals surface area contributed by atoms with Gasteiger partial charge in [0.05, 0.1) is 0 Å². The van der Waals surface area contributed by atoms with E-state index in [1.54, 1.807) is 0 Å². The summed E-state index contributed by atoms with van der Waals surface area (Å²) in [6.45, 7) is 5.97. The Morgan fingerprint density at radius 3 is 2.53 bits per heavy atom. The van der Waals surface area contributed by atoms with E-state index in [9.17, 15) is 9.59 Å². The van der Waals surface area contributed by atoms with E-state index in [1.807, 2.05) is 18.2 Å². The lowest BCUT2D eigenvalue weighted by Gasteiger charge is -2.04. The topological polar surface area (TPSA) is 88.4 Å². The first-order valence-corrected chi connectivity index (χ1v) is 6.66. The quantitative estimate of drug-likeness (QED) is 0.788. The number of carbonyl (C=O) groups is 2. The number of hydrogen-bond donors (Lipinski definition) is 2. The molecular weight excluding hydrogens is 266 g/mol. The maximum absolute atomic E-state index is 12.0. The lowest BCUT2D eigenvalue weighted by molar-refractivity contribution is -0.118. The number of hydrogen-bond acceptors (Lipinski definition) is 5. The summed E-state index contributed by atoms with van der Waals surface area (Å²) >= 11 is 1.31. The first-order chi connectivity index (χ1) is 9.00. The van der Waals surface area contributed by atoms with Gasteiger partial charge in [0.15, 0.2) is 0 Å². The van der Waals surface area contributed by atoms with Crippen LogP contribution >= 0.6 is 11.3 Å². The van der Waals surface area contributed by atoms with Crippen molar-refractivity contribution in [3.8, 4) is 0 Å². The molecule has 0 aromatic carbocycles. The molecule has 2 heterocycles. The van der Waals surface area contributed by atoms with Crippen LogP contribution in [0.5, 0.6) is 0 Å². The van der Waals surface area contributed by atoms with Crippen molar-refractivity contribution in [3.63, 3.8) is 0 Å². The zero-order valence-electron chi connectivity index (χ0n) is 11.0. The van der Waals surface area contributed by atoms with Gasteiger partial charge in [-0.25, -0.2) is 0 Å². The van der Waals surface area contributed by atoms with Gasteiger partial charge in [-0.15, -0.1) is 10.2 Å². The van der Waals surface area contributed by atoms with Gasteiger partial charge in [0.1, 0.15) is 10.7 Å². The molecule has 0 saturated carbocycles. The number of fused-ring (bicyclic) bond motifs is 1. The van der Waals surface area contributed by atoms with Crippen molar-refractivity contribution >= 4 is 28.1 Å². The Hall–Kier alpha value is -1.96. The van der Waals surface area contributed by atoms with Crippen LogP contribution < -0.4 is 10.6 Å². The van der Waals surface area contributed by atoms with Crippen LogP contribution in [-0.2, 0) is 4.79 Å². The summed E-state index contributed by atoms with van der Waals surface area (Å²) < 4.78 is 1.85. The van der Waals surface area contributed by atoms with Gasteiger partial charge in [-0.2, -0.15) is 0 Å². The molecule has 2 N–H and O–H groups in total. The van der Waals surface area contributed by atoms with Crippen molar-refractivity contribution in [2.45, 2.75) is 20.8 Å². The number of aromatic nitrogens is 3. The third-order valence-electron chi connectivity index (χ3n) is 2.64. The van der Waals surface area contributed by atoms with Crippen molar-refractivity contribution in [2.75, 3.05) is 13.1 Å². The molecule has 8 heteroatoms. The van der Waals surface area contributed by atoms with Crippen LogP contribution in [0.3, 0.4) is 0 Å². The molecule has 0 saturated heterocycles. The third kappa shape index (κ3) is 2.73. The molecule has 102 valence electrons. The summed E-state index contributed by atoms with van der Waals surface area (Å²) in [4.78, 5) is 24.0. The van der Waals surface area contributed by atoms with Crippen LogP contribution in [0.1, 0.15) is 28.1 Å². The predicted octanol–water partition coefficient (Wildman–Crippen LogP) is 0.274. The van der Waals surface area contributed by atoms with Crippen LogP contribution in [0, 0.1) is 13.8 Å². The molecule has 0 unspecified atom stereocenters. The maximum Gasteiger partial charge on any atom is 0.263 e. The molecule has 19 heavy (non-hydrogen) atoms. The Morgan fingerprint density at radius 1 is 1.21 bits per heavy atom. The second kappa shape index (κ2) is 5.35.